The SMILES string of the molecule is C#CCCCNC(=O)c1ccc(N)c(C)c1. The van der Waals surface area contributed by atoms with E-state index in [0.29, 0.717) is 24.2 Å². The van der Waals surface area contributed by atoms with Gasteiger partial charge in [0.2, 0.25) is 0 Å². The van der Waals surface area contributed by atoms with Gasteiger partial charge in [-0.05, 0) is 37.1 Å². The van der Waals surface area contributed by atoms with Gasteiger partial charge in [-0.3, -0.25) is 4.79 Å². The molecule has 0 spiro atoms. The van der Waals surface area contributed by atoms with Gasteiger partial charge in [0.25, 0.3) is 5.91 Å². The number of benzene rings is 1. The quantitative estimate of drug-likeness (QED) is 0.457. The standard InChI is InChI=1S/C13H16N2O/c1-3-4-5-8-15-13(16)11-6-7-12(14)10(2)9-11/h1,6-7,9H,4-5,8,14H2,2H3,(H,15,16). The van der Waals surface area contributed by atoms with E-state index >= 15 is 0 Å². The number of hydrogen-bond acceptors (Lipinski definition) is 2. The first-order valence-corrected chi connectivity index (χ1v) is 5.23. The summed E-state index contributed by atoms with van der Waals surface area (Å²) >= 11 is 0. The zero-order valence-corrected chi connectivity index (χ0v) is 9.42. The fraction of sp³-hybridized carbons (Fsp3) is 0.308. The number of nitrogens with one attached hydrogen (secondary N) is 1. The van der Waals surface area contributed by atoms with Crippen LogP contribution in [0.25, 0.3) is 0 Å². The zero-order chi connectivity index (χ0) is 12.0. The van der Waals surface area contributed by atoms with Gasteiger partial charge in [0.05, 0.1) is 0 Å². The Kier molecular flexibility index (Phi) is 4.41. The lowest BCUT2D eigenvalue weighted by atomic mass is 10.1. The number of carbonyl (C=O) groups is 1. The van der Waals surface area contributed by atoms with Gasteiger partial charge in [0.1, 0.15) is 0 Å². The molecule has 0 heterocycles. The number of unbranched alkanes of at least 4 members (excludes halogenated alkanes) is 1. The van der Waals surface area contributed by atoms with E-state index in [0.717, 1.165) is 12.0 Å². The van der Waals surface area contributed by atoms with E-state index in [1.165, 1.54) is 0 Å². The average Bonchev–Trinajstić information content (AvgIpc) is 2.28. The Bertz CT molecular complexity index is 418. The van der Waals surface area contributed by atoms with E-state index < -0.39 is 0 Å². The Morgan fingerprint density at radius 2 is 2.31 bits per heavy atom. The third-order valence-corrected chi connectivity index (χ3v) is 2.32. The van der Waals surface area contributed by atoms with Gasteiger partial charge in [-0.15, -0.1) is 12.3 Å². The summed E-state index contributed by atoms with van der Waals surface area (Å²) in [6.07, 6.45) is 6.60. The van der Waals surface area contributed by atoms with Crippen LogP contribution < -0.4 is 11.1 Å². The van der Waals surface area contributed by atoms with Gasteiger partial charge in [-0.25, -0.2) is 0 Å². The van der Waals surface area contributed by atoms with Crippen molar-refractivity contribution in [2.45, 2.75) is 19.8 Å². The van der Waals surface area contributed by atoms with Gasteiger partial charge >= 0.3 is 0 Å². The van der Waals surface area contributed by atoms with Crippen LogP contribution >= 0.6 is 0 Å². The topological polar surface area (TPSA) is 55.1 Å². The predicted molar refractivity (Wildman–Crippen MR) is 66.0 cm³/mol. The molecule has 1 rings (SSSR count). The molecule has 0 aromatic heterocycles. The van der Waals surface area contributed by atoms with Crippen molar-refractivity contribution < 1.29 is 4.79 Å². The summed E-state index contributed by atoms with van der Waals surface area (Å²) in [5.74, 6) is 2.45. The lowest BCUT2D eigenvalue weighted by Gasteiger charge is -2.06. The maximum absolute atomic E-state index is 11.7. The second-order valence-electron chi connectivity index (χ2n) is 3.63. The molecular formula is C13H16N2O. The predicted octanol–water partition coefficient (Wildman–Crippen LogP) is 1.72. The van der Waals surface area contributed by atoms with Crippen LogP contribution in [0.5, 0.6) is 0 Å². The van der Waals surface area contributed by atoms with E-state index in [1.54, 1.807) is 18.2 Å². The number of terminal acetylenes is 1. The van der Waals surface area contributed by atoms with Crippen molar-refractivity contribution in [1.29, 1.82) is 0 Å². The fourth-order valence-corrected chi connectivity index (χ4v) is 1.31. The highest BCUT2D eigenvalue weighted by molar-refractivity contribution is 5.94. The molecule has 0 bridgehead atoms. The third kappa shape index (κ3) is 3.32. The molecule has 1 aromatic rings. The molecule has 3 N–H and O–H groups in total. The summed E-state index contributed by atoms with van der Waals surface area (Å²) in [7, 11) is 0. The first kappa shape index (κ1) is 12.1. The number of aryl methyl sites for hydroxylation is 1. The maximum Gasteiger partial charge on any atom is 0.251 e. The Morgan fingerprint density at radius 3 is 2.94 bits per heavy atom. The van der Waals surface area contributed by atoms with Crippen molar-refractivity contribution in [2.24, 2.45) is 0 Å². The highest BCUT2D eigenvalue weighted by atomic mass is 16.1. The minimum absolute atomic E-state index is 0.0832. The van der Waals surface area contributed by atoms with Crippen LogP contribution in [-0.4, -0.2) is 12.5 Å². The van der Waals surface area contributed by atoms with Crippen LogP contribution in [0.4, 0.5) is 5.69 Å². The third-order valence-electron chi connectivity index (χ3n) is 2.32. The normalized spacial score (nSPS) is 9.50. The molecule has 0 radical (unpaired) electrons. The Hall–Kier alpha value is -1.95. The summed E-state index contributed by atoms with van der Waals surface area (Å²) in [5, 5.41) is 2.81. The van der Waals surface area contributed by atoms with E-state index in [-0.39, 0.29) is 5.91 Å². The Labute approximate surface area is 96.0 Å². The Morgan fingerprint density at radius 1 is 1.56 bits per heavy atom. The van der Waals surface area contributed by atoms with E-state index in [4.69, 9.17) is 12.2 Å². The minimum atomic E-state index is -0.0832. The molecule has 3 nitrogen and oxygen atoms in total. The summed E-state index contributed by atoms with van der Waals surface area (Å²) < 4.78 is 0. The lowest BCUT2D eigenvalue weighted by molar-refractivity contribution is 0.0953. The van der Waals surface area contributed by atoms with Gasteiger partial charge < -0.3 is 11.1 Å². The molecule has 0 aliphatic rings. The number of carbonyl (C=O) groups excluding carboxylic acids is 1. The van der Waals surface area contributed by atoms with Crippen molar-refractivity contribution in [3.8, 4) is 12.3 Å². The second kappa shape index (κ2) is 5.82. The number of anilines is 1. The van der Waals surface area contributed by atoms with Crippen molar-refractivity contribution in [3.63, 3.8) is 0 Å². The first-order valence-electron chi connectivity index (χ1n) is 5.23. The van der Waals surface area contributed by atoms with Crippen LogP contribution in [0, 0.1) is 19.3 Å². The van der Waals surface area contributed by atoms with Crippen molar-refractivity contribution in [3.05, 3.63) is 29.3 Å². The molecule has 3 heteroatoms. The molecule has 0 aliphatic heterocycles. The molecule has 84 valence electrons. The van der Waals surface area contributed by atoms with Crippen LogP contribution in [0.2, 0.25) is 0 Å². The molecule has 0 aliphatic carbocycles. The lowest BCUT2D eigenvalue weighted by Crippen LogP contribution is -2.24. The van der Waals surface area contributed by atoms with Gasteiger partial charge in [-0.2, -0.15) is 0 Å². The number of nitrogens with two attached hydrogens (primary N) is 1. The highest BCUT2D eigenvalue weighted by Gasteiger charge is 2.05. The molecule has 1 aromatic carbocycles. The molecule has 0 saturated carbocycles. The maximum atomic E-state index is 11.7. The number of rotatable bonds is 4. The van der Waals surface area contributed by atoms with Crippen molar-refractivity contribution in [1.82, 2.24) is 5.32 Å². The average molecular weight is 216 g/mol. The van der Waals surface area contributed by atoms with Crippen LogP contribution in [0.1, 0.15) is 28.8 Å². The largest absolute Gasteiger partial charge is 0.399 e. The van der Waals surface area contributed by atoms with Gasteiger partial charge in [-0.1, -0.05) is 0 Å². The number of nitrogen functional groups attached to an aromatic ring is 1. The molecule has 1 amide bonds. The van der Waals surface area contributed by atoms with E-state index in [1.807, 2.05) is 6.92 Å². The van der Waals surface area contributed by atoms with Crippen LogP contribution in [0.15, 0.2) is 18.2 Å². The van der Waals surface area contributed by atoms with E-state index in [9.17, 15) is 4.79 Å². The van der Waals surface area contributed by atoms with Crippen molar-refractivity contribution in [2.75, 3.05) is 12.3 Å². The number of amides is 1. The molecule has 0 fully saturated rings. The summed E-state index contributed by atoms with van der Waals surface area (Å²) in [6, 6.07) is 5.25. The van der Waals surface area contributed by atoms with Gasteiger partial charge in [0, 0.05) is 24.2 Å². The summed E-state index contributed by atoms with van der Waals surface area (Å²) in [5.41, 5.74) is 7.92. The monoisotopic (exact) mass is 216 g/mol. The fourth-order valence-electron chi connectivity index (χ4n) is 1.31. The van der Waals surface area contributed by atoms with E-state index in [2.05, 4.69) is 11.2 Å². The molecule has 16 heavy (non-hydrogen) atoms. The van der Waals surface area contributed by atoms with Gasteiger partial charge in [0.15, 0.2) is 0 Å². The second-order valence-corrected chi connectivity index (χ2v) is 3.63. The molecule has 0 unspecified atom stereocenters. The molecule has 0 atom stereocenters. The first-order chi connectivity index (χ1) is 7.65. The highest BCUT2D eigenvalue weighted by Crippen LogP contribution is 2.12. The number of hydrogen-bond donors (Lipinski definition) is 2. The molecule has 0 saturated heterocycles. The van der Waals surface area contributed by atoms with Crippen LogP contribution in [0.3, 0.4) is 0 Å². The smallest absolute Gasteiger partial charge is 0.251 e. The van der Waals surface area contributed by atoms with Crippen molar-refractivity contribution >= 4 is 11.6 Å². The molecular weight excluding hydrogens is 200 g/mol. The van der Waals surface area contributed by atoms with Crippen LogP contribution in [-0.2, 0) is 0 Å². The summed E-state index contributed by atoms with van der Waals surface area (Å²) in [6.45, 7) is 2.48. The minimum Gasteiger partial charge on any atom is -0.399 e. The summed E-state index contributed by atoms with van der Waals surface area (Å²) in [4.78, 5) is 11.7. The zero-order valence-electron chi connectivity index (χ0n) is 9.42. The Balaban J connectivity index is 2.53.